The van der Waals surface area contributed by atoms with Crippen molar-refractivity contribution >= 4 is 23.6 Å². The fourth-order valence-corrected chi connectivity index (χ4v) is 2.63. The summed E-state index contributed by atoms with van der Waals surface area (Å²) in [5.41, 5.74) is 1.38. The molecule has 0 bridgehead atoms. The molecule has 0 saturated carbocycles. The van der Waals surface area contributed by atoms with E-state index in [0.717, 1.165) is 0 Å². The minimum atomic E-state index is -0.544. The van der Waals surface area contributed by atoms with Crippen LogP contribution in [-0.2, 0) is 4.79 Å². The van der Waals surface area contributed by atoms with E-state index in [9.17, 15) is 14.9 Å². The summed E-state index contributed by atoms with van der Waals surface area (Å²) in [7, 11) is 1.46. The zero-order chi connectivity index (χ0) is 21.3. The Labute approximate surface area is 174 Å². The molecule has 0 aliphatic carbocycles. The van der Waals surface area contributed by atoms with Crippen molar-refractivity contribution < 1.29 is 19.1 Å². The molecule has 0 spiro atoms. The van der Waals surface area contributed by atoms with E-state index in [-0.39, 0.29) is 11.3 Å². The van der Waals surface area contributed by atoms with Gasteiger partial charge >= 0.3 is 5.97 Å². The third kappa shape index (κ3) is 5.12. The molecule has 6 heteroatoms. The zero-order valence-electron chi connectivity index (χ0n) is 16.2. The number of benzene rings is 3. The van der Waals surface area contributed by atoms with Gasteiger partial charge in [0.15, 0.2) is 11.5 Å². The maximum absolute atomic E-state index is 12.4. The van der Waals surface area contributed by atoms with Crippen LogP contribution in [-0.4, -0.2) is 19.0 Å². The first kappa shape index (κ1) is 20.4. The molecule has 0 radical (unpaired) electrons. The Morgan fingerprint density at radius 2 is 1.60 bits per heavy atom. The van der Waals surface area contributed by atoms with Crippen LogP contribution in [0.4, 0.5) is 5.69 Å². The fraction of sp³-hybridized carbons (Fsp3) is 0.0417. The van der Waals surface area contributed by atoms with Crippen LogP contribution in [0.15, 0.2) is 84.4 Å². The molecule has 3 rings (SSSR count). The van der Waals surface area contributed by atoms with E-state index in [0.29, 0.717) is 22.6 Å². The van der Waals surface area contributed by atoms with Crippen molar-refractivity contribution in [2.45, 2.75) is 0 Å². The lowest BCUT2D eigenvalue weighted by Gasteiger charge is -2.10. The van der Waals surface area contributed by atoms with Gasteiger partial charge in [0.25, 0.3) is 5.91 Å². The average molecular weight is 398 g/mol. The minimum Gasteiger partial charge on any atom is -0.493 e. The first-order chi connectivity index (χ1) is 14.6. The molecule has 0 aromatic heterocycles. The van der Waals surface area contributed by atoms with Crippen molar-refractivity contribution in [3.05, 3.63) is 95.6 Å². The van der Waals surface area contributed by atoms with E-state index in [1.165, 1.54) is 19.3 Å². The molecule has 0 aliphatic rings. The van der Waals surface area contributed by atoms with E-state index in [1.54, 1.807) is 66.7 Å². The molecule has 0 fully saturated rings. The van der Waals surface area contributed by atoms with Gasteiger partial charge in [-0.2, -0.15) is 5.26 Å². The summed E-state index contributed by atoms with van der Waals surface area (Å²) in [4.78, 5) is 24.8. The molecule has 148 valence electrons. The number of hydrogen-bond acceptors (Lipinski definition) is 5. The number of hydrogen-bond donors (Lipinski definition) is 1. The van der Waals surface area contributed by atoms with Gasteiger partial charge < -0.3 is 14.8 Å². The normalized spacial score (nSPS) is 10.6. The highest BCUT2D eigenvalue weighted by Crippen LogP contribution is 2.30. The van der Waals surface area contributed by atoms with Crippen LogP contribution in [0.5, 0.6) is 11.5 Å². The van der Waals surface area contributed by atoms with Gasteiger partial charge in [0.2, 0.25) is 0 Å². The second-order valence-electron chi connectivity index (χ2n) is 6.16. The number of ether oxygens (including phenoxy) is 2. The van der Waals surface area contributed by atoms with E-state index >= 15 is 0 Å². The van der Waals surface area contributed by atoms with Crippen LogP contribution in [0.3, 0.4) is 0 Å². The third-order valence-electron chi connectivity index (χ3n) is 4.11. The summed E-state index contributed by atoms with van der Waals surface area (Å²) in [6, 6.07) is 24.1. The van der Waals surface area contributed by atoms with Gasteiger partial charge in [0.1, 0.15) is 11.6 Å². The highest BCUT2D eigenvalue weighted by molar-refractivity contribution is 6.09. The van der Waals surface area contributed by atoms with Gasteiger partial charge in [-0.1, -0.05) is 42.5 Å². The lowest BCUT2D eigenvalue weighted by atomic mass is 10.1. The maximum atomic E-state index is 12.4. The Hall–Kier alpha value is -4.37. The SMILES string of the molecule is COc1ccc(/C=C(\C#N)C(=O)Nc2ccccc2)cc1OC(=O)c1ccccc1. The van der Waals surface area contributed by atoms with E-state index in [4.69, 9.17) is 9.47 Å². The van der Waals surface area contributed by atoms with E-state index < -0.39 is 11.9 Å². The fourth-order valence-electron chi connectivity index (χ4n) is 2.63. The number of nitrogens with one attached hydrogen (secondary N) is 1. The quantitative estimate of drug-likeness (QED) is 0.287. The molecule has 3 aromatic carbocycles. The summed E-state index contributed by atoms with van der Waals surface area (Å²) in [6.45, 7) is 0. The third-order valence-corrected chi connectivity index (χ3v) is 4.11. The van der Waals surface area contributed by atoms with Crippen molar-refractivity contribution in [2.24, 2.45) is 0 Å². The molecular weight excluding hydrogens is 380 g/mol. The molecular formula is C24H18N2O4. The number of carbonyl (C=O) groups excluding carboxylic acids is 2. The predicted molar refractivity (Wildman–Crippen MR) is 113 cm³/mol. The topological polar surface area (TPSA) is 88.4 Å². The molecule has 1 amide bonds. The number of para-hydroxylation sites is 1. The number of nitrogens with zero attached hydrogens (tertiary/aromatic N) is 1. The summed E-state index contributed by atoms with van der Waals surface area (Å²) in [6.07, 6.45) is 1.41. The number of amides is 1. The minimum absolute atomic E-state index is 0.0932. The van der Waals surface area contributed by atoms with Crippen LogP contribution >= 0.6 is 0 Å². The average Bonchev–Trinajstić information content (AvgIpc) is 2.78. The Bertz CT molecular complexity index is 1120. The molecule has 0 saturated heterocycles. The van der Waals surface area contributed by atoms with Gasteiger partial charge in [-0.15, -0.1) is 0 Å². The number of rotatable bonds is 6. The van der Waals surface area contributed by atoms with Crippen molar-refractivity contribution in [2.75, 3.05) is 12.4 Å². The molecule has 0 heterocycles. The molecule has 0 unspecified atom stereocenters. The largest absolute Gasteiger partial charge is 0.493 e. The first-order valence-electron chi connectivity index (χ1n) is 9.04. The molecule has 0 aliphatic heterocycles. The van der Waals surface area contributed by atoms with Crippen LogP contribution in [0.1, 0.15) is 15.9 Å². The zero-order valence-corrected chi connectivity index (χ0v) is 16.2. The van der Waals surface area contributed by atoms with Crippen molar-refractivity contribution in [1.82, 2.24) is 0 Å². The summed E-state index contributed by atoms with van der Waals surface area (Å²) >= 11 is 0. The van der Waals surface area contributed by atoms with Gasteiger partial charge in [0, 0.05) is 5.69 Å². The van der Waals surface area contributed by atoms with Crippen LogP contribution in [0.25, 0.3) is 6.08 Å². The molecule has 30 heavy (non-hydrogen) atoms. The first-order valence-corrected chi connectivity index (χ1v) is 9.04. The Morgan fingerprint density at radius 1 is 0.933 bits per heavy atom. The second kappa shape index (κ2) is 9.71. The number of nitriles is 1. The Balaban J connectivity index is 1.84. The van der Waals surface area contributed by atoms with Gasteiger partial charge in [-0.05, 0) is 48.0 Å². The van der Waals surface area contributed by atoms with E-state index in [1.807, 2.05) is 12.1 Å². The van der Waals surface area contributed by atoms with Gasteiger partial charge in [0.05, 0.1) is 12.7 Å². The smallest absolute Gasteiger partial charge is 0.343 e. The van der Waals surface area contributed by atoms with Crippen LogP contribution < -0.4 is 14.8 Å². The lowest BCUT2D eigenvalue weighted by molar-refractivity contribution is -0.112. The molecule has 1 N–H and O–H groups in total. The lowest BCUT2D eigenvalue weighted by Crippen LogP contribution is -2.13. The highest BCUT2D eigenvalue weighted by atomic mass is 16.6. The number of anilines is 1. The van der Waals surface area contributed by atoms with E-state index in [2.05, 4.69) is 5.32 Å². The van der Waals surface area contributed by atoms with Crippen LogP contribution in [0, 0.1) is 11.3 Å². The number of carbonyl (C=O) groups is 2. The Morgan fingerprint density at radius 3 is 2.23 bits per heavy atom. The number of esters is 1. The van der Waals surface area contributed by atoms with Gasteiger partial charge in [-0.3, -0.25) is 4.79 Å². The maximum Gasteiger partial charge on any atom is 0.343 e. The predicted octanol–water partition coefficient (Wildman–Crippen LogP) is 4.46. The summed E-state index contributed by atoms with van der Waals surface area (Å²) < 4.78 is 10.7. The number of methoxy groups -OCH3 is 1. The van der Waals surface area contributed by atoms with Crippen molar-refractivity contribution in [3.63, 3.8) is 0 Å². The molecule has 3 aromatic rings. The molecule has 6 nitrogen and oxygen atoms in total. The monoisotopic (exact) mass is 398 g/mol. The van der Waals surface area contributed by atoms with Crippen LogP contribution in [0.2, 0.25) is 0 Å². The second-order valence-corrected chi connectivity index (χ2v) is 6.16. The van der Waals surface area contributed by atoms with Crippen molar-refractivity contribution in [1.29, 1.82) is 5.26 Å². The standard InChI is InChI=1S/C24H18N2O4/c1-29-21-13-12-17(15-22(21)30-24(28)18-8-4-2-5-9-18)14-19(16-25)23(27)26-20-10-6-3-7-11-20/h2-15H,1H3,(H,26,27)/b19-14+. The molecule has 0 atom stereocenters. The summed E-state index contributed by atoms with van der Waals surface area (Å²) in [5.74, 6) is -0.552. The van der Waals surface area contributed by atoms with Gasteiger partial charge in [-0.25, -0.2) is 4.79 Å². The summed E-state index contributed by atoms with van der Waals surface area (Å²) in [5, 5.41) is 12.1. The Kier molecular flexibility index (Phi) is 6.59. The highest BCUT2D eigenvalue weighted by Gasteiger charge is 2.14. The van der Waals surface area contributed by atoms with Crippen molar-refractivity contribution in [3.8, 4) is 17.6 Å².